The Balaban J connectivity index is 0.00000243. The Hall–Kier alpha value is -0.700. The molecule has 2 aromatic heterocycles. The fourth-order valence-electron chi connectivity index (χ4n) is 2.39. The largest absolute Gasteiger partial charge is 0.309 e. The van der Waals surface area contributed by atoms with Crippen molar-refractivity contribution in [1.29, 1.82) is 0 Å². The lowest BCUT2D eigenvalue weighted by Gasteiger charge is -2.20. The molecule has 140 valence electrons. The standard InChI is InChI=1S/C17H17BrClN3OS2.ClH/c1-21(2)8-3-9-22(16(23)13-6-7-15(19)24-13)17-20-12-5-4-11(18)10-14(12)25-17;/h4-7,10H,3,8-9H2,1-2H3;1H. The average Bonchev–Trinajstić information content (AvgIpc) is 3.16. The van der Waals surface area contributed by atoms with E-state index in [1.807, 2.05) is 32.3 Å². The highest BCUT2D eigenvalue weighted by Crippen LogP contribution is 2.33. The van der Waals surface area contributed by atoms with Crippen LogP contribution in [-0.4, -0.2) is 43.0 Å². The van der Waals surface area contributed by atoms with Gasteiger partial charge in [-0.2, -0.15) is 0 Å². The highest BCUT2D eigenvalue weighted by atomic mass is 79.9. The number of thiophene rings is 1. The summed E-state index contributed by atoms with van der Waals surface area (Å²) in [7, 11) is 4.06. The molecule has 0 radical (unpaired) electrons. The average molecular weight is 495 g/mol. The van der Waals surface area contributed by atoms with Crippen molar-refractivity contribution >= 4 is 83.9 Å². The number of halogens is 3. The first-order chi connectivity index (χ1) is 11.9. The third kappa shape index (κ3) is 5.18. The van der Waals surface area contributed by atoms with E-state index in [9.17, 15) is 4.79 Å². The number of rotatable bonds is 6. The molecule has 2 heterocycles. The normalized spacial score (nSPS) is 11.0. The summed E-state index contributed by atoms with van der Waals surface area (Å²) in [5, 5.41) is 0.723. The topological polar surface area (TPSA) is 36.4 Å². The molecular formula is C17H18BrCl2N3OS2. The number of nitrogens with zero attached hydrogens (tertiary/aromatic N) is 3. The van der Waals surface area contributed by atoms with Crippen LogP contribution in [0.3, 0.4) is 0 Å². The Kier molecular flexibility index (Phi) is 7.88. The molecule has 0 atom stereocenters. The quantitative estimate of drug-likeness (QED) is 0.434. The molecule has 0 aliphatic carbocycles. The van der Waals surface area contributed by atoms with Crippen molar-refractivity contribution < 1.29 is 4.79 Å². The number of carbonyl (C=O) groups is 1. The van der Waals surface area contributed by atoms with Gasteiger partial charge in [-0.15, -0.1) is 23.7 Å². The number of amides is 1. The van der Waals surface area contributed by atoms with E-state index >= 15 is 0 Å². The van der Waals surface area contributed by atoms with Crippen molar-refractivity contribution in [2.45, 2.75) is 6.42 Å². The van der Waals surface area contributed by atoms with Crippen molar-refractivity contribution in [2.75, 3.05) is 32.1 Å². The number of fused-ring (bicyclic) bond motifs is 1. The molecule has 0 bridgehead atoms. The molecular weight excluding hydrogens is 477 g/mol. The van der Waals surface area contributed by atoms with Crippen molar-refractivity contribution in [3.05, 3.63) is 44.0 Å². The Labute approximate surface area is 180 Å². The van der Waals surface area contributed by atoms with Gasteiger partial charge in [0.25, 0.3) is 5.91 Å². The van der Waals surface area contributed by atoms with Crippen molar-refractivity contribution in [3.8, 4) is 0 Å². The predicted octanol–water partition coefficient (Wildman–Crippen LogP) is 5.79. The van der Waals surface area contributed by atoms with Crippen LogP contribution in [0.25, 0.3) is 10.2 Å². The first kappa shape index (κ1) is 21.6. The van der Waals surface area contributed by atoms with Crippen LogP contribution in [-0.2, 0) is 0 Å². The van der Waals surface area contributed by atoms with E-state index in [4.69, 9.17) is 11.6 Å². The van der Waals surface area contributed by atoms with Gasteiger partial charge in [-0.3, -0.25) is 9.69 Å². The zero-order valence-corrected chi connectivity index (χ0v) is 19.0. The first-order valence-electron chi connectivity index (χ1n) is 7.72. The second-order valence-electron chi connectivity index (χ2n) is 5.83. The maximum absolute atomic E-state index is 13.0. The number of carbonyl (C=O) groups excluding carboxylic acids is 1. The van der Waals surface area contributed by atoms with E-state index in [2.05, 4.69) is 25.8 Å². The number of aromatic nitrogens is 1. The van der Waals surface area contributed by atoms with Crippen molar-refractivity contribution in [1.82, 2.24) is 9.88 Å². The van der Waals surface area contributed by atoms with Gasteiger partial charge < -0.3 is 4.90 Å². The molecule has 0 aliphatic heterocycles. The number of benzene rings is 1. The van der Waals surface area contributed by atoms with Gasteiger partial charge in [0, 0.05) is 11.0 Å². The maximum atomic E-state index is 13.0. The SMILES string of the molecule is CN(C)CCCN(C(=O)c1ccc(Cl)s1)c1nc2ccc(Br)cc2s1.Cl. The maximum Gasteiger partial charge on any atom is 0.270 e. The molecule has 0 fully saturated rings. The van der Waals surface area contributed by atoms with Gasteiger partial charge in [-0.25, -0.2) is 4.98 Å². The molecule has 0 aliphatic rings. The molecule has 1 amide bonds. The van der Waals surface area contributed by atoms with Gasteiger partial charge in [0.15, 0.2) is 5.13 Å². The highest BCUT2D eigenvalue weighted by molar-refractivity contribution is 9.10. The molecule has 26 heavy (non-hydrogen) atoms. The number of hydrogen-bond donors (Lipinski definition) is 0. The monoisotopic (exact) mass is 493 g/mol. The molecule has 9 heteroatoms. The van der Waals surface area contributed by atoms with E-state index in [0.717, 1.165) is 32.8 Å². The van der Waals surface area contributed by atoms with Crippen LogP contribution in [0.2, 0.25) is 4.34 Å². The summed E-state index contributed by atoms with van der Waals surface area (Å²) >= 11 is 12.3. The summed E-state index contributed by atoms with van der Waals surface area (Å²) in [4.78, 5) is 22.2. The molecule has 3 aromatic rings. The van der Waals surface area contributed by atoms with Gasteiger partial charge in [0.1, 0.15) is 0 Å². The summed E-state index contributed by atoms with van der Waals surface area (Å²) in [6.45, 7) is 1.53. The summed E-state index contributed by atoms with van der Waals surface area (Å²) in [5.41, 5.74) is 0.901. The van der Waals surface area contributed by atoms with Crippen LogP contribution in [0.1, 0.15) is 16.1 Å². The van der Waals surface area contributed by atoms with E-state index in [0.29, 0.717) is 15.8 Å². The van der Waals surface area contributed by atoms with Crippen LogP contribution in [0.5, 0.6) is 0 Å². The van der Waals surface area contributed by atoms with Crippen LogP contribution >= 0.6 is 62.6 Å². The van der Waals surface area contributed by atoms with E-state index < -0.39 is 0 Å². The third-order valence-corrected chi connectivity index (χ3v) is 6.34. The lowest BCUT2D eigenvalue weighted by atomic mass is 10.3. The minimum absolute atomic E-state index is 0. The summed E-state index contributed by atoms with van der Waals surface area (Å²) in [6, 6.07) is 9.49. The van der Waals surface area contributed by atoms with E-state index in [1.165, 1.54) is 22.7 Å². The van der Waals surface area contributed by atoms with Gasteiger partial charge >= 0.3 is 0 Å². The van der Waals surface area contributed by atoms with Gasteiger partial charge in [-0.1, -0.05) is 38.9 Å². The number of thiazole rings is 1. The summed E-state index contributed by atoms with van der Waals surface area (Å²) in [5.74, 6) is -0.0474. The van der Waals surface area contributed by atoms with Crippen molar-refractivity contribution in [2.24, 2.45) is 0 Å². The Morgan fingerprint density at radius 3 is 2.62 bits per heavy atom. The molecule has 0 spiro atoms. The van der Waals surface area contributed by atoms with Crippen molar-refractivity contribution in [3.63, 3.8) is 0 Å². The molecule has 0 unspecified atom stereocenters. The second-order valence-corrected chi connectivity index (χ2v) is 9.47. The van der Waals surface area contributed by atoms with Gasteiger partial charge in [-0.05, 0) is 57.4 Å². The molecule has 0 N–H and O–H groups in total. The highest BCUT2D eigenvalue weighted by Gasteiger charge is 2.22. The smallest absolute Gasteiger partial charge is 0.270 e. The fourth-order valence-corrected chi connectivity index (χ4v) is 4.93. The Morgan fingerprint density at radius 1 is 1.19 bits per heavy atom. The minimum atomic E-state index is -0.0474. The predicted molar refractivity (Wildman–Crippen MR) is 119 cm³/mol. The fraction of sp³-hybridized carbons (Fsp3) is 0.294. The van der Waals surface area contributed by atoms with Gasteiger partial charge in [0.05, 0.1) is 19.4 Å². The summed E-state index contributed by atoms with van der Waals surface area (Å²) in [6.07, 6.45) is 0.872. The van der Waals surface area contributed by atoms with Crippen LogP contribution in [0.4, 0.5) is 5.13 Å². The molecule has 0 saturated heterocycles. The van der Waals surface area contributed by atoms with Crippen LogP contribution < -0.4 is 4.90 Å². The lowest BCUT2D eigenvalue weighted by molar-refractivity contribution is 0.0990. The minimum Gasteiger partial charge on any atom is -0.309 e. The molecule has 3 rings (SSSR count). The number of hydrogen-bond acceptors (Lipinski definition) is 5. The molecule has 0 saturated carbocycles. The second kappa shape index (κ2) is 9.48. The van der Waals surface area contributed by atoms with E-state index in [-0.39, 0.29) is 18.3 Å². The Bertz CT molecular complexity index is 897. The zero-order valence-electron chi connectivity index (χ0n) is 14.2. The lowest BCUT2D eigenvalue weighted by Crippen LogP contribution is -2.32. The molecule has 4 nitrogen and oxygen atoms in total. The first-order valence-corrected chi connectivity index (χ1v) is 10.5. The Morgan fingerprint density at radius 2 is 1.96 bits per heavy atom. The van der Waals surface area contributed by atoms with E-state index in [1.54, 1.807) is 17.0 Å². The number of anilines is 1. The summed E-state index contributed by atoms with van der Waals surface area (Å²) < 4.78 is 2.68. The van der Waals surface area contributed by atoms with Crippen LogP contribution in [0, 0.1) is 0 Å². The molecule has 1 aromatic carbocycles. The van der Waals surface area contributed by atoms with Gasteiger partial charge in [0.2, 0.25) is 0 Å². The van der Waals surface area contributed by atoms with Crippen LogP contribution in [0.15, 0.2) is 34.8 Å². The third-order valence-electron chi connectivity index (χ3n) is 3.59. The zero-order chi connectivity index (χ0) is 18.0.